The van der Waals surface area contributed by atoms with E-state index in [1.54, 1.807) is 12.1 Å². The lowest BCUT2D eigenvalue weighted by atomic mass is 9.78. The number of rotatable bonds is 4. The van der Waals surface area contributed by atoms with Crippen LogP contribution < -0.4 is 5.32 Å². The number of hydrogen-bond donors (Lipinski definition) is 1. The first kappa shape index (κ1) is 15.7. The maximum Gasteiger partial charge on any atom is 0.230 e. The van der Waals surface area contributed by atoms with Gasteiger partial charge >= 0.3 is 0 Å². The molecule has 0 atom stereocenters. The molecule has 1 aliphatic rings. The zero-order valence-electron chi connectivity index (χ0n) is 13.4. The number of carbonyl (C=O) groups is 1. The summed E-state index contributed by atoms with van der Waals surface area (Å²) in [5.74, 6) is -0.204. The second-order valence-electron chi connectivity index (χ2n) is 6.46. The summed E-state index contributed by atoms with van der Waals surface area (Å²) in [6.45, 7) is 2.58. The van der Waals surface area contributed by atoms with Gasteiger partial charge in [0.25, 0.3) is 0 Å². The summed E-state index contributed by atoms with van der Waals surface area (Å²) < 4.78 is 13.2. The van der Waals surface area contributed by atoms with Gasteiger partial charge in [0, 0.05) is 6.54 Å². The van der Waals surface area contributed by atoms with E-state index in [9.17, 15) is 9.18 Å². The molecule has 1 fully saturated rings. The van der Waals surface area contributed by atoms with Gasteiger partial charge in [-0.15, -0.1) is 0 Å². The van der Waals surface area contributed by atoms with Gasteiger partial charge in [0.15, 0.2) is 0 Å². The van der Waals surface area contributed by atoms with Crippen LogP contribution in [0.4, 0.5) is 4.39 Å². The molecule has 0 heterocycles. The topological polar surface area (TPSA) is 29.1 Å². The lowest BCUT2D eigenvalue weighted by Crippen LogP contribution is -2.42. The van der Waals surface area contributed by atoms with Gasteiger partial charge in [0.05, 0.1) is 5.41 Å². The van der Waals surface area contributed by atoms with Gasteiger partial charge in [0.2, 0.25) is 5.91 Å². The van der Waals surface area contributed by atoms with E-state index >= 15 is 0 Å². The zero-order chi connectivity index (χ0) is 16.3. The predicted molar refractivity (Wildman–Crippen MR) is 89.6 cm³/mol. The van der Waals surface area contributed by atoms with Crippen molar-refractivity contribution < 1.29 is 9.18 Å². The van der Waals surface area contributed by atoms with Crippen LogP contribution in [-0.2, 0) is 16.8 Å². The van der Waals surface area contributed by atoms with Crippen molar-refractivity contribution >= 4 is 5.91 Å². The fourth-order valence-electron chi connectivity index (χ4n) is 3.45. The average Bonchev–Trinajstić information content (AvgIpc) is 3.06. The molecule has 1 amide bonds. The number of nitrogens with one attached hydrogen (secondary N) is 1. The van der Waals surface area contributed by atoms with E-state index in [0.29, 0.717) is 6.54 Å². The molecule has 2 aromatic carbocycles. The van der Waals surface area contributed by atoms with Crippen molar-refractivity contribution in [2.75, 3.05) is 0 Å². The Morgan fingerprint density at radius 2 is 1.65 bits per heavy atom. The SMILES string of the molecule is Cc1ccc(CNC(=O)C2(c3ccc(F)cc3)CCCC2)cc1. The Labute approximate surface area is 136 Å². The quantitative estimate of drug-likeness (QED) is 0.898. The Morgan fingerprint density at radius 1 is 1.04 bits per heavy atom. The highest BCUT2D eigenvalue weighted by Gasteiger charge is 2.42. The standard InChI is InChI=1S/C20H22FNO/c1-15-4-6-16(7-5-15)14-22-19(23)20(12-2-3-13-20)17-8-10-18(21)11-9-17/h4-11H,2-3,12-14H2,1H3,(H,22,23). The molecular weight excluding hydrogens is 289 g/mol. The number of amides is 1. The van der Waals surface area contributed by atoms with Crippen LogP contribution in [0.5, 0.6) is 0 Å². The molecular formula is C20H22FNO. The van der Waals surface area contributed by atoms with Gasteiger partial charge < -0.3 is 5.32 Å². The molecule has 3 heteroatoms. The molecule has 1 aliphatic carbocycles. The van der Waals surface area contributed by atoms with Crippen LogP contribution in [0.2, 0.25) is 0 Å². The van der Waals surface area contributed by atoms with Crippen molar-refractivity contribution in [3.63, 3.8) is 0 Å². The maximum absolute atomic E-state index is 13.2. The predicted octanol–water partition coefficient (Wildman–Crippen LogP) is 4.26. The van der Waals surface area contributed by atoms with E-state index in [2.05, 4.69) is 5.32 Å². The van der Waals surface area contributed by atoms with Crippen molar-refractivity contribution in [3.8, 4) is 0 Å². The fraction of sp³-hybridized carbons (Fsp3) is 0.350. The first-order valence-corrected chi connectivity index (χ1v) is 8.20. The number of halogens is 1. The van der Waals surface area contributed by atoms with Crippen LogP contribution in [0.1, 0.15) is 42.4 Å². The van der Waals surface area contributed by atoms with E-state index < -0.39 is 5.41 Å². The van der Waals surface area contributed by atoms with Crippen molar-refractivity contribution in [3.05, 3.63) is 71.0 Å². The van der Waals surface area contributed by atoms with Crippen LogP contribution in [0.3, 0.4) is 0 Å². The van der Waals surface area contributed by atoms with Crippen molar-refractivity contribution in [2.45, 2.75) is 44.6 Å². The number of aryl methyl sites for hydroxylation is 1. The van der Waals surface area contributed by atoms with Crippen LogP contribution >= 0.6 is 0 Å². The lowest BCUT2D eigenvalue weighted by Gasteiger charge is -2.28. The monoisotopic (exact) mass is 311 g/mol. The summed E-state index contributed by atoms with van der Waals surface area (Å²) in [6.07, 6.45) is 3.74. The van der Waals surface area contributed by atoms with E-state index in [1.165, 1.54) is 17.7 Å². The smallest absolute Gasteiger partial charge is 0.230 e. The molecule has 0 saturated heterocycles. The molecule has 2 aromatic rings. The summed E-state index contributed by atoms with van der Waals surface area (Å²) in [4.78, 5) is 12.9. The Hall–Kier alpha value is -2.16. The minimum absolute atomic E-state index is 0.0576. The van der Waals surface area contributed by atoms with Crippen molar-refractivity contribution in [2.24, 2.45) is 0 Å². The molecule has 0 radical (unpaired) electrons. The summed E-state index contributed by atoms with van der Waals surface area (Å²) in [5, 5.41) is 3.08. The Balaban J connectivity index is 1.76. The third kappa shape index (κ3) is 3.29. The number of carbonyl (C=O) groups excluding carboxylic acids is 1. The van der Waals surface area contributed by atoms with Gasteiger partial charge in [-0.1, -0.05) is 54.8 Å². The summed E-state index contributed by atoms with van der Waals surface area (Å²) in [7, 11) is 0. The Bertz CT molecular complexity index is 670. The van der Waals surface area contributed by atoms with Crippen LogP contribution in [0.25, 0.3) is 0 Å². The highest BCUT2D eigenvalue weighted by atomic mass is 19.1. The Kier molecular flexibility index (Phi) is 4.46. The van der Waals surface area contributed by atoms with E-state index in [-0.39, 0.29) is 11.7 Å². The molecule has 1 N–H and O–H groups in total. The first-order chi connectivity index (χ1) is 11.1. The van der Waals surface area contributed by atoms with Gasteiger partial charge in [0.1, 0.15) is 5.82 Å². The number of hydrogen-bond acceptors (Lipinski definition) is 1. The Morgan fingerprint density at radius 3 is 2.26 bits per heavy atom. The van der Waals surface area contributed by atoms with Crippen LogP contribution in [0.15, 0.2) is 48.5 Å². The van der Waals surface area contributed by atoms with Gasteiger partial charge in [-0.2, -0.15) is 0 Å². The lowest BCUT2D eigenvalue weighted by molar-refractivity contribution is -0.126. The van der Waals surface area contributed by atoms with Crippen LogP contribution in [-0.4, -0.2) is 5.91 Å². The molecule has 0 aliphatic heterocycles. The van der Waals surface area contributed by atoms with Gasteiger partial charge in [-0.25, -0.2) is 4.39 Å². The molecule has 0 unspecified atom stereocenters. The van der Waals surface area contributed by atoms with E-state index in [4.69, 9.17) is 0 Å². The molecule has 2 nitrogen and oxygen atoms in total. The van der Waals surface area contributed by atoms with Gasteiger partial charge in [-0.05, 0) is 43.0 Å². The van der Waals surface area contributed by atoms with Crippen molar-refractivity contribution in [1.82, 2.24) is 5.32 Å². The zero-order valence-corrected chi connectivity index (χ0v) is 13.4. The minimum atomic E-state index is -0.502. The molecule has 0 bridgehead atoms. The van der Waals surface area contributed by atoms with Crippen molar-refractivity contribution in [1.29, 1.82) is 0 Å². The average molecular weight is 311 g/mol. The normalized spacial score (nSPS) is 16.3. The first-order valence-electron chi connectivity index (χ1n) is 8.20. The molecule has 23 heavy (non-hydrogen) atoms. The summed E-state index contributed by atoms with van der Waals surface area (Å²) in [6, 6.07) is 14.6. The largest absolute Gasteiger partial charge is 0.351 e. The maximum atomic E-state index is 13.2. The second-order valence-corrected chi connectivity index (χ2v) is 6.46. The third-order valence-corrected chi connectivity index (χ3v) is 4.86. The van der Waals surface area contributed by atoms with Gasteiger partial charge in [-0.3, -0.25) is 4.79 Å². The van der Waals surface area contributed by atoms with Crippen LogP contribution in [0, 0.1) is 12.7 Å². The third-order valence-electron chi connectivity index (χ3n) is 4.86. The fourth-order valence-corrected chi connectivity index (χ4v) is 3.45. The van der Waals surface area contributed by atoms with E-state index in [0.717, 1.165) is 36.8 Å². The highest BCUT2D eigenvalue weighted by Crippen LogP contribution is 2.41. The minimum Gasteiger partial charge on any atom is -0.351 e. The molecule has 0 aromatic heterocycles. The molecule has 3 rings (SSSR count). The molecule has 120 valence electrons. The number of benzene rings is 2. The molecule has 1 saturated carbocycles. The van der Waals surface area contributed by atoms with E-state index in [1.807, 2.05) is 31.2 Å². The highest BCUT2D eigenvalue weighted by molar-refractivity contribution is 5.88. The summed E-state index contributed by atoms with van der Waals surface area (Å²) in [5.41, 5.74) is 2.73. The molecule has 0 spiro atoms. The summed E-state index contributed by atoms with van der Waals surface area (Å²) >= 11 is 0. The second kappa shape index (κ2) is 6.53.